The number of rotatable bonds is 10. The van der Waals surface area contributed by atoms with E-state index in [9.17, 15) is 9.18 Å². The molecule has 0 bridgehead atoms. The molecule has 1 fully saturated rings. The summed E-state index contributed by atoms with van der Waals surface area (Å²) >= 11 is 1.52. The van der Waals surface area contributed by atoms with Gasteiger partial charge in [0.1, 0.15) is 16.5 Å². The molecule has 36 heavy (non-hydrogen) atoms. The SMILES string of the molecule is COc1ccc(CCN(Cc2ccc(F)cc2)Cc2nc(C(=O)N3CCC(C)CC3)cs2)cc1OC. The van der Waals surface area contributed by atoms with E-state index < -0.39 is 0 Å². The molecule has 0 saturated carbocycles. The largest absolute Gasteiger partial charge is 0.493 e. The second-order valence-electron chi connectivity index (χ2n) is 9.38. The summed E-state index contributed by atoms with van der Waals surface area (Å²) in [5.74, 6) is 1.86. The number of likely N-dealkylation sites (tertiary alicyclic amines) is 1. The van der Waals surface area contributed by atoms with Gasteiger partial charge in [0.25, 0.3) is 5.91 Å². The van der Waals surface area contributed by atoms with Crippen LogP contribution in [0.25, 0.3) is 0 Å². The van der Waals surface area contributed by atoms with Crippen molar-refractivity contribution in [2.45, 2.75) is 39.3 Å². The van der Waals surface area contributed by atoms with Crippen LogP contribution in [0.5, 0.6) is 11.5 Å². The number of hydrogen-bond acceptors (Lipinski definition) is 6. The third kappa shape index (κ3) is 6.83. The van der Waals surface area contributed by atoms with Crippen LogP contribution < -0.4 is 9.47 Å². The molecule has 0 aliphatic carbocycles. The Balaban J connectivity index is 1.45. The molecule has 1 aliphatic rings. The number of carbonyl (C=O) groups excluding carboxylic acids is 1. The van der Waals surface area contributed by atoms with Crippen LogP contribution in [0.1, 0.15) is 46.4 Å². The third-order valence-electron chi connectivity index (χ3n) is 6.68. The summed E-state index contributed by atoms with van der Waals surface area (Å²) in [6, 6.07) is 12.5. The zero-order valence-electron chi connectivity index (χ0n) is 21.2. The molecule has 0 atom stereocenters. The zero-order chi connectivity index (χ0) is 25.5. The highest BCUT2D eigenvalue weighted by molar-refractivity contribution is 7.09. The fourth-order valence-corrected chi connectivity index (χ4v) is 5.24. The number of piperidine rings is 1. The maximum absolute atomic E-state index is 13.4. The van der Waals surface area contributed by atoms with Gasteiger partial charge in [0.15, 0.2) is 11.5 Å². The molecule has 8 heteroatoms. The highest BCUT2D eigenvalue weighted by atomic mass is 32.1. The van der Waals surface area contributed by atoms with Crippen LogP contribution in [0.2, 0.25) is 0 Å². The fourth-order valence-electron chi connectivity index (χ4n) is 4.43. The van der Waals surface area contributed by atoms with E-state index in [1.54, 1.807) is 14.2 Å². The fraction of sp³-hybridized carbons (Fsp3) is 0.429. The number of carbonyl (C=O) groups is 1. The minimum Gasteiger partial charge on any atom is -0.493 e. The minimum absolute atomic E-state index is 0.0276. The normalized spacial score (nSPS) is 14.3. The molecular weight excluding hydrogens is 477 g/mol. The number of methoxy groups -OCH3 is 2. The Morgan fingerprint density at radius 1 is 1.06 bits per heavy atom. The molecule has 4 rings (SSSR count). The molecule has 0 unspecified atom stereocenters. The first-order chi connectivity index (χ1) is 17.4. The Labute approximate surface area is 216 Å². The lowest BCUT2D eigenvalue weighted by atomic mass is 9.99. The van der Waals surface area contributed by atoms with E-state index in [2.05, 4.69) is 11.8 Å². The molecule has 1 saturated heterocycles. The molecule has 1 amide bonds. The molecule has 0 radical (unpaired) electrons. The minimum atomic E-state index is -0.245. The first kappa shape index (κ1) is 26.1. The summed E-state index contributed by atoms with van der Waals surface area (Å²) in [6.45, 7) is 5.87. The molecule has 0 N–H and O–H groups in total. The third-order valence-corrected chi connectivity index (χ3v) is 7.52. The standard InChI is InChI=1S/C28H34FN3O3S/c1-20-10-14-32(15-11-20)28(33)24-19-36-27(30-24)18-31(17-22-4-7-23(29)8-5-22)13-12-21-6-9-25(34-2)26(16-21)35-3/h4-9,16,19-20H,10-15,17-18H2,1-3H3. The lowest BCUT2D eigenvalue weighted by Gasteiger charge is -2.29. The zero-order valence-corrected chi connectivity index (χ0v) is 22.0. The molecule has 2 aromatic carbocycles. The number of nitrogens with zero attached hydrogens (tertiary/aromatic N) is 3. The van der Waals surface area contributed by atoms with E-state index in [1.165, 1.54) is 23.5 Å². The predicted molar refractivity (Wildman–Crippen MR) is 140 cm³/mol. The summed E-state index contributed by atoms with van der Waals surface area (Å²) < 4.78 is 24.2. The second-order valence-corrected chi connectivity index (χ2v) is 10.3. The van der Waals surface area contributed by atoms with E-state index in [-0.39, 0.29) is 11.7 Å². The maximum Gasteiger partial charge on any atom is 0.273 e. The van der Waals surface area contributed by atoms with Crippen LogP contribution in [0.3, 0.4) is 0 Å². The molecule has 1 aromatic heterocycles. The van der Waals surface area contributed by atoms with Gasteiger partial charge in [0.05, 0.1) is 20.8 Å². The van der Waals surface area contributed by atoms with Crippen molar-refractivity contribution in [3.8, 4) is 11.5 Å². The van der Waals surface area contributed by atoms with Crippen LogP contribution in [-0.4, -0.2) is 54.5 Å². The quantitative estimate of drug-likeness (QED) is 0.364. The van der Waals surface area contributed by atoms with Crippen molar-refractivity contribution >= 4 is 17.2 Å². The maximum atomic E-state index is 13.4. The number of ether oxygens (including phenoxy) is 2. The summed E-state index contributed by atoms with van der Waals surface area (Å²) in [5, 5.41) is 2.78. The van der Waals surface area contributed by atoms with Crippen molar-refractivity contribution in [2.24, 2.45) is 5.92 Å². The van der Waals surface area contributed by atoms with Crippen molar-refractivity contribution < 1.29 is 18.7 Å². The van der Waals surface area contributed by atoms with E-state index >= 15 is 0 Å². The number of benzene rings is 2. The Morgan fingerprint density at radius 3 is 2.44 bits per heavy atom. The average molecular weight is 512 g/mol. The monoisotopic (exact) mass is 511 g/mol. The molecule has 1 aliphatic heterocycles. The van der Waals surface area contributed by atoms with Crippen LogP contribution in [0, 0.1) is 11.7 Å². The molecule has 192 valence electrons. The van der Waals surface area contributed by atoms with E-state index in [1.807, 2.05) is 40.6 Å². The first-order valence-corrected chi connectivity index (χ1v) is 13.2. The van der Waals surface area contributed by atoms with E-state index in [4.69, 9.17) is 14.5 Å². The lowest BCUT2D eigenvalue weighted by molar-refractivity contribution is 0.0691. The van der Waals surface area contributed by atoms with Gasteiger partial charge in [-0.15, -0.1) is 11.3 Å². The summed E-state index contributed by atoms with van der Waals surface area (Å²) in [7, 11) is 3.26. The number of halogens is 1. The van der Waals surface area contributed by atoms with Gasteiger partial charge in [-0.3, -0.25) is 9.69 Å². The van der Waals surface area contributed by atoms with Crippen LogP contribution >= 0.6 is 11.3 Å². The highest BCUT2D eigenvalue weighted by Gasteiger charge is 2.23. The average Bonchev–Trinajstić information content (AvgIpc) is 3.37. The number of aromatic nitrogens is 1. The summed E-state index contributed by atoms with van der Waals surface area (Å²) in [5.41, 5.74) is 2.69. The van der Waals surface area contributed by atoms with Crippen molar-refractivity contribution in [3.63, 3.8) is 0 Å². The Bertz CT molecular complexity index is 1140. The number of thiazole rings is 1. The number of hydrogen-bond donors (Lipinski definition) is 0. The Kier molecular flexibility index (Phi) is 8.93. The molecule has 2 heterocycles. The lowest BCUT2D eigenvalue weighted by Crippen LogP contribution is -2.38. The van der Waals surface area contributed by atoms with Gasteiger partial charge >= 0.3 is 0 Å². The predicted octanol–water partition coefficient (Wildman–Crippen LogP) is 5.42. The highest BCUT2D eigenvalue weighted by Crippen LogP contribution is 2.28. The summed E-state index contributed by atoms with van der Waals surface area (Å²) in [4.78, 5) is 21.8. The van der Waals surface area contributed by atoms with Crippen molar-refractivity contribution in [1.82, 2.24) is 14.8 Å². The van der Waals surface area contributed by atoms with E-state index in [0.717, 1.165) is 55.0 Å². The van der Waals surface area contributed by atoms with Crippen LogP contribution in [-0.2, 0) is 19.5 Å². The molecule has 6 nitrogen and oxygen atoms in total. The van der Waals surface area contributed by atoms with Gasteiger partial charge in [-0.25, -0.2) is 9.37 Å². The molecular formula is C28H34FN3O3S. The van der Waals surface area contributed by atoms with Gasteiger partial charge in [0, 0.05) is 31.6 Å². The van der Waals surface area contributed by atoms with Crippen molar-refractivity contribution in [1.29, 1.82) is 0 Å². The first-order valence-electron chi connectivity index (χ1n) is 12.4. The van der Waals surface area contributed by atoms with Gasteiger partial charge in [-0.2, -0.15) is 0 Å². The van der Waals surface area contributed by atoms with Gasteiger partial charge < -0.3 is 14.4 Å². The van der Waals surface area contributed by atoms with Crippen LogP contribution in [0.4, 0.5) is 4.39 Å². The van der Waals surface area contributed by atoms with Crippen molar-refractivity contribution in [2.75, 3.05) is 33.9 Å². The van der Waals surface area contributed by atoms with Gasteiger partial charge in [-0.05, 0) is 60.6 Å². The Morgan fingerprint density at radius 2 is 1.75 bits per heavy atom. The molecule has 3 aromatic rings. The van der Waals surface area contributed by atoms with E-state index in [0.29, 0.717) is 36.2 Å². The number of amides is 1. The summed E-state index contributed by atoms with van der Waals surface area (Å²) in [6.07, 6.45) is 2.89. The smallest absolute Gasteiger partial charge is 0.273 e. The van der Waals surface area contributed by atoms with Gasteiger partial charge in [-0.1, -0.05) is 25.1 Å². The van der Waals surface area contributed by atoms with Crippen molar-refractivity contribution in [3.05, 3.63) is 75.5 Å². The second kappa shape index (κ2) is 12.3. The molecule has 0 spiro atoms. The van der Waals surface area contributed by atoms with Crippen LogP contribution in [0.15, 0.2) is 47.8 Å². The Hall–Kier alpha value is -2.97. The van der Waals surface area contributed by atoms with Gasteiger partial charge in [0.2, 0.25) is 0 Å². The topological polar surface area (TPSA) is 54.9 Å².